The number of fused-ring (bicyclic) bond motifs is 1. The molecule has 0 bridgehead atoms. The van der Waals surface area contributed by atoms with Gasteiger partial charge in [-0.3, -0.25) is 4.68 Å². The molecule has 3 aromatic rings. The molecule has 1 atom stereocenters. The van der Waals surface area contributed by atoms with Gasteiger partial charge in [0.1, 0.15) is 11.5 Å². The quantitative estimate of drug-likeness (QED) is 0.452. The summed E-state index contributed by atoms with van der Waals surface area (Å²) in [6, 6.07) is 3.87. The molecular formula is C23H31N5O3S. The summed E-state index contributed by atoms with van der Waals surface area (Å²) >= 11 is 1.50. The van der Waals surface area contributed by atoms with E-state index in [1.807, 2.05) is 42.9 Å². The Morgan fingerprint density at radius 1 is 1.28 bits per heavy atom. The zero-order valence-electron chi connectivity index (χ0n) is 19.2. The zero-order valence-corrected chi connectivity index (χ0v) is 20.0. The lowest BCUT2D eigenvalue weighted by Crippen LogP contribution is -2.04. The van der Waals surface area contributed by atoms with Crippen LogP contribution in [0.2, 0.25) is 0 Å². The summed E-state index contributed by atoms with van der Waals surface area (Å²) < 4.78 is 21.8. The highest BCUT2D eigenvalue weighted by molar-refractivity contribution is 8.04. The molecule has 0 saturated carbocycles. The average Bonchev–Trinajstić information content (AvgIpc) is 3.45. The molecule has 3 N–H and O–H groups in total. The molecule has 172 valence electrons. The van der Waals surface area contributed by atoms with Crippen LogP contribution < -0.4 is 15.2 Å². The summed E-state index contributed by atoms with van der Waals surface area (Å²) in [5.74, 6) is 2.73. The normalized spacial score (nSPS) is 15.5. The first-order chi connectivity index (χ1) is 15.6. The number of anilines is 1. The van der Waals surface area contributed by atoms with Crippen LogP contribution in [0.4, 0.5) is 5.82 Å². The smallest absolute Gasteiger partial charge is 0.187 e. The van der Waals surface area contributed by atoms with Gasteiger partial charge in [0.25, 0.3) is 0 Å². The minimum atomic E-state index is 0.459. The molecule has 32 heavy (non-hydrogen) atoms. The number of nitrogens with one attached hydrogen (secondary N) is 1. The minimum absolute atomic E-state index is 0.459. The Hall–Kier alpha value is -2.91. The van der Waals surface area contributed by atoms with E-state index in [1.165, 1.54) is 11.9 Å². The molecular weight excluding hydrogens is 426 g/mol. The van der Waals surface area contributed by atoms with Crippen molar-refractivity contribution >= 4 is 28.7 Å². The summed E-state index contributed by atoms with van der Waals surface area (Å²) in [4.78, 5) is 1.13. The van der Waals surface area contributed by atoms with Crippen molar-refractivity contribution in [1.29, 1.82) is 0 Å². The lowest BCUT2D eigenvalue weighted by molar-refractivity contribution is 0.300. The van der Waals surface area contributed by atoms with Crippen LogP contribution in [0, 0.1) is 5.92 Å². The van der Waals surface area contributed by atoms with Crippen molar-refractivity contribution in [2.75, 3.05) is 18.9 Å². The van der Waals surface area contributed by atoms with Gasteiger partial charge in [0.15, 0.2) is 11.4 Å². The first-order valence-corrected chi connectivity index (χ1v) is 11.5. The highest BCUT2D eigenvalue weighted by Crippen LogP contribution is 2.36. The maximum atomic E-state index is 5.67. The number of aromatic nitrogens is 3. The van der Waals surface area contributed by atoms with E-state index in [4.69, 9.17) is 19.7 Å². The number of allylic oxidation sites excluding steroid dienone is 3. The second kappa shape index (κ2) is 11.1. The van der Waals surface area contributed by atoms with E-state index in [0.29, 0.717) is 30.4 Å². The number of ether oxygens (including phenoxy) is 2. The fourth-order valence-corrected chi connectivity index (χ4v) is 4.32. The summed E-state index contributed by atoms with van der Waals surface area (Å²) in [6.07, 6.45) is 8.77. The molecule has 8 nitrogen and oxygen atoms in total. The molecule has 1 unspecified atom stereocenters. The van der Waals surface area contributed by atoms with Crippen LogP contribution in [0.25, 0.3) is 11.0 Å². The van der Waals surface area contributed by atoms with Gasteiger partial charge in [-0.1, -0.05) is 32.0 Å². The van der Waals surface area contributed by atoms with Gasteiger partial charge in [-0.15, -0.1) is 0 Å². The topological polar surface area (TPSA) is 100 Å². The summed E-state index contributed by atoms with van der Waals surface area (Å²) in [5.41, 5.74) is 8.28. The van der Waals surface area contributed by atoms with Gasteiger partial charge in [0.2, 0.25) is 0 Å². The fourth-order valence-electron chi connectivity index (χ4n) is 3.36. The molecule has 2 aromatic heterocycles. The van der Waals surface area contributed by atoms with Crippen LogP contribution in [-0.2, 0) is 17.8 Å². The van der Waals surface area contributed by atoms with E-state index in [9.17, 15) is 0 Å². The van der Waals surface area contributed by atoms with Gasteiger partial charge in [0, 0.05) is 28.8 Å². The first kappa shape index (κ1) is 23.7. The molecule has 0 fully saturated rings. The molecule has 9 heteroatoms. The molecule has 0 saturated heterocycles. The van der Waals surface area contributed by atoms with Gasteiger partial charge < -0.3 is 24.5 Å². The van der Waals surface area contributed by atoms with Crippen molar-refractivity contribution < 1.29 is 14.0 Å². The van der Waals surface area contributed by atoms with Crippen LogP contribution in [0.15, 0.2) is 51.9 Å². The fraction of sp³-hybridized carbons (Fsp3) is 0.391. The molecule has 4 rings (SSSR count). The maximum Gasteiger partial charge on any atom is 0.187 e. The molecule has 2 heterocycles. The summed E-state index contributed by atoms with van der Waals surface area (Å²) in [5, 5.41) is 9.40. The van der Waals surface area contributed by atoms with Crippen LogP contribution in [0.1, 0.15) is 38.3 Å². The van der Waals surface area contributed by atoms with E-state index in [-0.39, 0.29) is 0 Å². The second-order valence-corrected chi connectivity index (χ2v) is 8.08. The third-order valence-electron chi connectivity index (χ3n) is 4.98. The lowest BCUT2D eigenvalue weighted by atomic mass is 10.0. The number of hydrogen-bond acceptors (Lipinski definition) is 8. The lowest BCUT2D eigenvalue weighted by Gasteiger charge is -2.18. The van der Waals surface area contributed by atoms with Crippen molar-refractivity contribution in [2.45, 2.75) is 40.3 Å². The molecule has 0 spiro atoms. The van der Waals surface area contributed by atoms with Gasteiger partial charge in [-0.2, -0.15) is 5.10 Å². The van der Waals surface area contributed by atoms with Crippen LogP contribution in [0.3, 0.4) is 0 Å². The zero-order chi connectivity index (χ0) is 23.1. The number of nitrogens with two attached hydrogens (primary N) is 1. The highest BCUT2D eigenvalue weighted by Gasteiger charge is 2.18. The predicted octanol–water partition coefficient (Wildman–Crippen LogP) is 5.08. The number of rotatable bonds is 8. The number of nitrogens with zero attached hydrogens (tertiary/aromatic N) is 3. The van der Waals surface area contributed by atoms with E-state index in [2.05, 4.69) is 28.0 Å². The maximum absolute atomic E-state index is 5.67. The molecule has 1 aliphatic rings. The van der Waals surface area contributed by atoms with Gasteiger partial charge in [-0.05, 0) is 42.5 Å². The third-order valence-corrected chi connectivity index (χ3v) is 5.89. The van der Waals surface area contributed by atoms with E-state index >= 15 is 0 Å². The van der Waals surface area contributed by atoms with Crippen LogP contribution in [-0.4, -0.2) is 29.2 Å². The van der Waals surface area contributed by atoms with Crippen LogP contribution in [0.5, 0.6) is 5.75 Å². The van der Waals surface area contributed by atoms with Crippen molar-refractivity contribution in [1.82, 2.24) is 14.9 Å². The highest BCUT2D eigenvalue weighted by atomic mass is 32.2. The third kappa shape index (κ3) is 5.28. The molecule has 0 amide bonds. The molecule has 0 aliphatic heterocycles. The Labute approximate surface area is 192 Å². The van der Waals surface area contributed by atoms with Crippen molar-refractivity contribution in [3.8, 4) is 5.75 Å². The van der Waals surface area contributed by atoms with Gasteiger partial charge in [0.05, 0.1) is 32.3 Å². The van der Waals surface area contributed by atoms with E-state index in [0.717, 1.165) is 39.3 Å². The Bertz CT molecular complexity index is 1100. The monoisotopic (exact) mass is 457 g/mol. The van der Waals surface area contributed by atoms with E-state index < -0.39 is 0 Å². The van der Waals surface area contributed by atoms with Crippen molar-refractivity contribution in [3.05, 3.63) is 58.5 Å². The molecule has 1 aliphatic carbocycles. The molecule has 0 radical (unpaired) electrons. The predicted molar refractivity (Wildman–Crippen MR) is 129 cm³/mol. The number of benzene rings is 1. The Morgan fingerprint density at radius 2 is 2.09 bits per heavy atom. The summed E-state index contributed by atoms with van der Waals surface area (Å²) in [6.45, 7) is 7.18. The summed E-state index contributed by atoms with van der Waals surface area (Å²) in [7, 11) is 3.34. The van der Waals surface area contributed by atoms with Crippen molar-refractivity contribution in [2.24, 2.45) is 11.7 Å². The largest absolute Gasteiger partial charge is 0.496 e. The Kier molecular flexibility index (Phi) is 8.24. The van der Waals surface area contributed by atoms with Crippen molar-refractivity contribution in [3.63, 3.8) is 0 Å². The van der Waals surface area contributed by atoms with Gasteiger partial charge >= 0.3 is 0 Å². The van der Waals surface area contributed by atoms with Crippen LogP contribution >= 0.6 is 11.9 Å². The van der Waals surface area contributed by atoms with E-state index in [1.54, 1.807) is 20.4 Å². The SMILES string of the molecule is CC.COC1=C(SNc2noc3cc(Cn4cc(CN)cn4)c(OC)cc23)CC(C)C=C1. The second-order valence-electron chi connectivity index (χ2n) is 7.18. The molecule has 1 aromatic carbocycles. The first-order valence-electron chi connectivity index (χ1n) is 10.7. The standard InChI is InChI=1S/C21H25N5O3S.C2H6/c1-13-4-5-17(27-2)20(6-13)30-25-21-16-8-18(28-3)15(7-19(16)29-24-21)12-26-11-14(9-22)10-23-26;1-2/h4-5,7-8,10-11,13H,6,9,12,22H2,1-3H3,(H,24,25);1-2H3. The minimum Gasteiger partial charge on any atom is -0.496 e. The van der Waals surface area contributed by atoms with Gasteiger partial charge in [-0.25, -0.2) is 0 Å². The Morgan fingerprint density at radius 3 is 2.78 bits per heavy atom. The number of hydrogen-bond donors (Lipinski definition) is 2. The Balaban J connectivity index is 0.00000141. The average molecular weight is 458 g/mol. The number of methoxy groups -OCH3 is 2.